The van der Waals surface area contributed by atoms with Crippen LogP contribution >= 0.6 is 0 Å². The Hall–Kier alpha value is -2.44. The van der Waals surface area contributed by atoms with Gasteiger partial charge in [0, 0.05) is 0 Å². The van der Waals surface area contributed by atoms with Crippen LogP contribution in [0.1, 0.15) is 37.0 Å². The summed E-state index contributed by atoms with van der Waals surface area (Å²) in [7, 11) is 0. The Balaban J connectivity index is 2.27. The number of halogens is 5. The summed E-state index contributed by atoms with van der Waals surface area (Å²) in [5, 5.41) is 0. The lowest BCUT2D eigenvalue weighted by Gasteiger charge is -2.19. The van der Waals surface area contributed by atoms with Crippen LogP contribution in [-0.4, -0.2) is 5.97 Å². The lowest BCUT2D eigenvalue weighted by molar-refractivity contribution is -0.150. The molecule has 7 heteroatoms. The molecule has 24 heavy (non-hydrogen) atoms. The Bertz CT molecular complexity index is 732. The van der Waals surface area contributed by atoms with Gasteiger partial charge in [-0.2, -0.15) is 0 Å². The van der Waals surface area contributed by atoms with E-state index in [1.807, 2.05) is 0 Å². The van der Waals surface area contributed by atoms with E-state index in [1.165, 1.54) is 6.92 Å². The fourth-order valence-corrected chi connectivity index (χ4v) is 2.19. The molecule has 0 fully saturated rings. The van der Waals surface area contributed by atoms with Crippen molar-refractivity contribution in [3.63, 3.8) is 0 Å². The number of benzene rings is 2. The normalized spacial score (nSPS) is 13.5. The number of hydrogen-bond acceptors (Lipinski definition) is 2. The van der Waals surface area contributed by atoms with Crippen LogP contribution in [0.15, 0.2) is 30.3 Å². The molecule has 0 aliphatic rings. The molecule has 2 atom stereocenters. The van der Waals surface area contributed by atoms with Crippen molar-refractivity contribution < 1.29 is 31.5 Å². The second kappa shape index (κ2) is 6.98. The summed E-state index contributed by atoms with van der Waals surface area (Å²) >= 11 is 0. The van der Waals surface area contributed by atoms with Crippen molar-refractivity contribution in [2.45, 2.75) is 25.9 Å². The molecule has 0 N–H and O–H groups in total. The van der Waals surface area contributed by atoms with Crippen LogP contribution in [0.2, 0.25) is 0 Å². The van der Waals surface area contributed by atoms with E-state index in [0.717, 1.165) is 6.92 Å². The molecular formula is C17H13F5O2. The second-order valence-corrected chi connectivity index (χ2v) is 5.20. The summed E-state index contributed by atoms with van der Waals surface area (Å²) in [4.78, 5) is 12.1. The van der Waals surface area contributed by atoms with Gasteiger partial charge in [-0.25, -0.2) is 22.0 Å². The Morgan fingerprint density at radius 2 is 1.29 bits per heavy atom. The molecule has 2 aromatic carbocycles. The van der Waals surface area contributed by atoms with Crippen LogP contribution in [-0.2, 0) is 9.53 Å². The lowest BCUT2D eigenvalue weighted by atomic mass is 10.0. The topological polar surface area (TPSA) is 26.3 Å². The maximum Gasteiger partial charge on any atom is 0.313 e. The summed E-state index contributed by atoms with van der Waals surface area (Å²) < 4.78 is 71.8. The third-order valence-electron chi connectivity index (χ3n) is 3.60. The smallest absolute Gasteiger partial charge is 0.313 e. The monoisotopic (exact) mass is 344 g/mol. The quantitative estimate of drug-likeness (QED) is 0.345. The molecular weight excluding hydrogens is 331 g/mol. The predicted octanol–water partition coefficient (Wildman–Crippen LogP) is 4.79. The largest absolute Gasteiger partial charge is 0.457 e. The fraction of sp³-hybridized carbons (Fsp3) is 0.235. The third kappa shape index (κ3) is 3.25. The van der Waals surface area contributed by atoms with Crippen LogP contribution in [0.4, 0.5) is 22.0 Å². The number of ether oxygens (including phenoxy) is 1. The van der Waals surface area contributed by atoms with Gasteiger partial charge in [-0.1, -0.05) is 30.3 Å². The molecule has 0 saturated carbocycles. The van der Waals surface area contributed by atoms with E-state index in [9.17, 15) is 26.7 Å². The minimum atomic E-state index is -2.26. The average Bonchev–Trinajstić information content (AvgIpc) is 2.58. The standard InChI is InChI=1S/C17H13F5O2/c1-8(10-6-4-3-5-7-10)17(23)24-9(2)11-12(18)14(20)16(22)15(21)13(11)19/h3-9H,1-2H3/t8-,9-/m0/s1. The van der Waals surface area contributed by atoms with Gasteiger partial charge in [0.2, 0.25) is 5.82 Å². The first kappa shape index (κ1) is 17.9. The van der Waals surface area contributed by atoms with Crippen molar-refractivity contribution >= 4 is 5.97 Å². The summed E-state index contributed by atoms with van der Waals surface area (Å²) in [6.07, 6.45) is -1.65. The van der Waals surface area contributed by atoms with Crippen molar-refractivity contribution in [2.24, 2.45) is 0 Å². The number of carbonyl (C=O) groups excluding carboxylic acids is 1. The van der Waals surface area contributed by atoms with Gasteiger partial charge in [0.25, 0.3) is 0 Å². The Kier molecular flexibility index (Phi) is 5.21. The molecule has 128 valence electrons. The highest BCUT2D eigenvalue weighted by Gasteiger charge is 2.31. The fourth-order valence-electron chi connectivity index (χ4n) is 2.19. The van der Waals surface area contributed by atoms with E-state index in [4.69, 9.17) is 4.74 Å². The molecule has 2 aromatic rings. The second-order valence-electron chi connectivity index (χ2n) is 5.20. The van der Waals surface area contributed by atoms with Gasteiger partial charge < -0.3 is 4.74 Å². The van der Waals surface area contributed by atoms with Crippen molar-refractivity contribution in [1.29, 1.82) is 0 Å². The summed E-state index contributed by atoms with van der Waals surface area (Å²) in [5.41, 5.74) is -0.591. The highest BCUT2D eigenvalue weighted by Crippen LogP contribution is 2.30. The first-order valence-electron chi connectivity index (χ1n) is 7.02. The summed E-state index contributed by atoms with van der Waals surface area (Å²) in [5.74, 6) is -12.1. The molecule has 2 nitrogen and oxygen atoms in total. The van der Waals surface area contributed by atoms with Crippen LogP contribution in [0.25, 0.3) is 0 Å². The average molecular weight is 344 g/mol. The van der Waals surface area contributed by atoms with Crippen molar-refractivity contribution in [3.8, 4) is 0 Å². The van der Waals surface area contributed by atoms with Gasteiger partial charge in [0.05, 0.1) is 11.5 Å². The molecule has 0 aliphatic heterocycles. The highest BCUT2D eigenvalue weighted by molar-refractivity contribution is 5.77. The van der Waals surface area contributed by atoms with Gasteiger partial charge >= 0.3 is 5.97 Å². The van der Waals surface area contributed by atoms with Crippen molar-refractivity contribution in [1.82, 2.24) is 0 Å². The zero-order valence-electron chi connectivity index (χ0n) is 12.7. The van der Waals surface area contributed by atoms with E-state index in [0.29, 0.717) is 5.56 Å². The molecule has 0 saturated heterocycles. The van der Waals surface area contributed by atoms with E-state index in [2.05, 4.69) is 0 Å². The highest BCUT2D eigenvalue weighted by atomic mass is 19.2. The van der Waals surface area contributed by atoms with Gasteiger partial charge in [-0.15, -0.1) is 0 Å². The Morgan fingerprint density at radius 3 is 1.79 bits per heavy atom. The molecule has 2 rings (SSSR count). The first-order chi connectivity index (χ1) is 11.3. The SMILES string of the molecule is C[C@H](OC(=O)[C@@H](C)c1ccccc1)c1c(F)c(F)c(F)c(F)c1F. The minimum absolute atomic E-state index is 0.590. The van der Waals surface area contributed by atoms with Crippen molar-refractivity contribution in [3.05, 3.63) is 70.5 Å². The van der Waals surface area contributed by atoms with Crippen LogP contribution in [0.5, 0.6) is 0 Å². The molecule has 0 amide bonds. The maximum absolute atomic E-state index is 13.7. The van der Waals surface area contributed by atoms with Gasteiger partial charge in [0.1, 0.15) is 6.10 Å². The van der Waals surface area contributed by atoms with Gasteiger partial charge in [-0.05, 0) is 19.4 Å². The summed E-state index contributed by atoms with van der Waals surface area (Å²) in [6, 6.07) is 8.40. The number of carbonyl (C=O) groups is 1. The third-order valence-corrected chi connectivity index (χ3v) is 3.60. The van der Waals surface area contributed by atoms with Gasteiger partial charge in [0.15, 0.2) is 23.3 Å². The predicted molar refractivity (Wildman–Crippen MR) is 75.6 cm³/mol. The van der Waals surface area contributed by atoms with E-state index < -0.39 is 52.6 Å². The lowest BCUT2D eigenvalue weighted by Crippen LogP contribution is -2.18. The molecule has 0 spiro atoms. The molecule has 0 radical (unpaired) electrons. The van der Waals surface area contributed by atoms with Crippen molar-refractivity contribution in [2.75, 3.05) is 0 Å². The number of esters is 1. The molecule has 0 unspecified atom stereocenters. The zero-order chi connectivity index (χ0) is 18.0. The van der Waals surface area contributed by atoms with Gasteiger partial charge in [-0.3, -0.25) is 4.79 Å². The van der Waals surface area contributed by atoms with Crippen LogP contribution in [0.3, 0.4) is 0 Å². The minimum Gasteiger partial charge on any atom is -0.457 e. The Labute approximate surface area is 134 Å². The number of hydrogen-bond donors (Lipinski definition) is 0. The van der Waals surface area contributed by atoms with E-state index >= 15 is 0 Å². The first-order valence-corrected chi connectivity index (χ1v) is 7.02. The molecule has 0 bridgehead atoms. The van der Waals surface area contributed by atoms with Crippen LogP contribution < -0.4 is 0 Å². The molecule has 0 aromatic heterocycles. The maximum atomic E-state index is 13.7. The van der Waals surface area contributed by atoms with Crippen LogP contribution in [0, 0.1) is 29.1 Å². The van der Waals surface area contributed by atoms with E-state index in [-0.39, 0.29) is 0 Å². The summed E-state index contributed by atoms with van der Waals surface area (Å²) in [6.45, 7) is 2.54. The number of rotatable bonds is 4. The van der Waals surface area contributed by atoms with E-state index in [1.54, 1.807) is 30.3 Å². The molecule has 0 aliphatic carbocycles. The molecule has 0 heterocycles. The Morgan fingerprint density at radius 1 is 0.833 bits per heavy atom. The zero-order valence-corrected chi connectivity index (χ0v) is 12.7.